The maximum atomic E-state index is 12.1. The Morgan fingerprint density at radius 2 is 1.78 bits per heavy atom. The third-order valence-electron chi connectivity index (χ3n) is 9.59. The van der Waals surface area contributed by atoms with Crippen molar-refractivity contribution in [2.24, 2.45) is 34.0 Å². The summed E-state index contributed by atoms with van der Waals surface area (Å²) in [5.41, 5.74) is -2.09. The van der Waals surface area contributed by atoms with Crippen LogP contribution in [0.5, 0.6) is 0 Å². The fourth-order valence-electron chi connectivity index (χ4n) is 8.77. The predicted molar refractivity (Wildman–Crippen MR) is 111 cm³/mol. The Hall–Kier alpha value is -1.48. The lowest BCUT2D eigenvalue weighted by atomic mass is 9.35. The number of esters is 2. The van der Waals surface area contributed by atoms with Gasteiger partial charge in [-0.05, 0) is 42.6 Å². The zero-order valence-corrected chi connectivity index (χ0v) is 19.2. The average Bonchev–Trinajstić information content (AvgIpc) is 2.87. The summed E-state index contributed by atoms with van der Waals surface area (Å²) >= 11 is 0. The zero-order chi connectivity index (χ0) is 23.4. The lowest BCUT2D eigenvalue weighted by molar-refractivity contribution is -0.473. The lowest BCUT2D eigenvalue weighted by Gasteiger charge is -2.75. The summed E-state index contributed by atoms with van der Waals surface area (Å²) in [5, 5.41) is 35.2. The van der Waals surface area contributed by atoms with Crippen LogP contribution in [0.1, 0.15) is 53.4 Å². The van der Waals surface area contributed by atoms with Crippen molar-refractivity contribution in [2.75, 3.05) is 6.61 Å². The van der Waals surface area contributed by atoms with Gasteiger partial charge >= 0.3 is 11.9 Å². The van der Waals surface area contributed by atoms with Gasteiger partial charge in [-0.25, -0.2) is 0 Å². The Morgan fingerprint density at radius 1 is 1.12 bits per heavy atom. The van der Waals surface area contributed by atoms with Crippen LogP contribution in [0.2, 0.25) is 0 Å². The van der Waals surface area contributed by atoms with E-state index in [1.54, 1.807) is 0 Å². The van der Waals surface area contributed by atoms with Gasteiger partial charge in [-0.1, -0.05) is 20.4 Å². The molecule has 0 aromatic rings. The third-order valence-corrected chi connectivity index (χ3v) is 9.59. The van der Waals surface area contributed by atoms with E-state index in [1.165, 1.54) is 13.8 Å². The molecule has 0 aromatic heterocycles. The molecule has 10 atom stereocenters. The quantitative estimate of drug-likeness (QED) is 0.425. The van der Waals surface area contributed by atoms with E-state index in [4.69, 9.17) is 14.2 Å². The second-order valence-electron chi connectivity index (χ2n) is 11.4. The van der Waals surface area contributed by atoms with Gasteiger partial charge in [-0.3, -0.25) is 9.59 Å². The maximum absolute atomic E-state index is 12.1. The second kappa shape index (κ2) is 6.56. The van der Waals surface area contributed by atoms with E-state index in [2.05, 4.69) is 6.58 Å². The van der Waals surface area contributed by atoms with Crippen molar-refractivity contribution in [1.29, 1.82) is 0 Å². The lowest BCUT2D eigenvalue weighted by Crippen LogP contribution is -2.85. The Labute approximate surface area is 187 Å². The molecule has 2 aliphatic heterocycles. The highest BCUT2D eigenvalue weighted by Crippen LogP contribution is 2.77. The number of fused-ring (bicyclic) bond motifs is 2. The molecule has 6 fully saturated rings. The summed E-state index contributed by atoms with van der Waals surface area (Å²) < 4.78 is 17.8. The number of hydrogen-bond acceptors (Lipinski definition) is 8. The number of aliphatic hydroxyl groups excluding tert-OH is 2. The molecule has 178 valence electrons. The van der Waals surface area contributed by atoms with Crippen LogP contribution in [0.3, 0.4) is 0 Å². The van der Waals surface area contributed by atoms with Crippen LogP contribution in [0.4, 0.5) is 0 Å². The average molecular weight is 451 g/mol. The summed E-state index contributed by atoms with van der Waals surface area (Å²) in [6.45, 7) is 10.9. The van der Waals surface area contributed by atoms with Crippen LogP contribution in [0.15, 0.2) is 12.2 Å². The molecule has 0 aromatic carbocycles. The van der Waals surface area contributed by atoms with Gasteiger partial charge in [0.2, 0.25) is 5.79 Å². The molecule has 6 rings (SSSR count). The van der Waals surface area contributed by atoms with Crippen molar-refractivity contribution in [3.05, 3.63) is 12.2 Å². The summed E-state index contributed by atoms with van der Waals surface area (Å²) in [6.07, 6.45) is -1.61. The molecule has 2 heterocycles. The van der Waals surface area contributed by atoms with Gasteiger partial charge < -0.3 is 29.5 Å². The molecule has 2 spiro atoms. The van der Waals surface area contributed by atoms with E-state index >= 15 is 0 Å². The van der Waals surface area contributed by atoms with Crippen molar-refractivity contribution in [3.63, 3.8) is 0 Å². The van der Waals surface area contributed by atoms with E-state index < -0.39 is 70.2 Å². The van der Waals surface area contributed by atoms with E-state index in [9.17, 15) is 24.9 Å². The highest BCUT2D eigenvalue weighted by Gasteiger charge is 2.86. The van der Waals surface area contributed by atoms with Crippen molar-refractivity contribution in [1.82, 2.24) is 0 Å². The Kier molecular flexibility index (Phi) is 4.57. The summed E-state index contributed by atoms with van der Waals surface area (Å²) in [7, 11) is 0. The normalized spacial score (nSPS) is 52.7. The minimum Gasteiger partial charge on any atom is -0.462 e. The van der Waals surface area contributed by atoms with Gasteiger partial charge in [0, 0.05) is 31.1 Å². The van der Waals surface area contributed by atoms with E-state index in [0.29, 0.717) is 31.3 Å². The molecule has 6 aliphatic rings. The topological polar surface area (TPSA) is 123 Å². The second-order valence-corrected chi connectivity index (χ2v) is 11.4. The van der Waals surface area contributed by atoms with E-state index in [1.807, 2.05) is 13.8 Å². The van der Waals surface area contributed by atoms with E-state index in [-0.39, 0.29) is 12.5 Å². The molecular weight excluding hydrogens is 416 g/mol. The molecule has 2 saturated heterocycles. The van der Waals surface area contributed by atoms with Crippen LogP contribution in [0, 0.1) is 34.0 Å². The highest BCUT2D eigenvalue weighted by atomic mass is 16.6. The minimum atomic E-state index is -2.03. The first-order chi connectivity index (χ1) is 14.8. The van der Waals surface area contributed by atoms with E-state index in [0.717, 1.165) is 0 Å². The van der Waals surface area contributed by atoms with Crippen LogP contribution in [-0.2, 0) is 23.8 Å². The SMILES string of the molecule is C=C1[C@@H]2C[C@@H](OC(C)=O)[C@H]3[C@@]45CO[C@](O)([C@@H](O)[C@@H]4C(C)(C)CC[C@@H]5OC(C)=O)[C@]3(C2)[C@@H]1O. The fourth-order valence-corrected chi connectivity index (χ4v) is 8.77. The number of carbonyl (C=O) groups excluding carboxylic acids is 2. The van der Waals surface area contributed by atoms with Crippen LogP contribution >= 0.6 is 0 Å². The first kappa shape index (κ1) is 22.3. The number of aliphatic hydroxyl groups is 3. The molecular formula is C24H34O8. The van der Waals surface area contributed by atoms with Gasteiger partial charge in [0.05, 0.1) is 18.1 Å². The highest BCUT2D eigenvalue weighted by molar-refractivity contribution is 5.67. The number of carbonyl (C=O) groups is 2. The zero-order valence-electron chi connectivity index (χ0n) is 19.2. The summed E-state index contributed by atoms with van der Waals surface area (Å²) in [4.78, 5) is 24.3. The summed E-state index contributed by atoms with van der Waals surface area (Å²) in [6, 6.07) is 0. The Morgan fingerprint density at radius 3 is 2.41 bits per heavy atom. The van der Waals surface area contributed by atoms with Crippen molar-refractivity contribution >= 4 is 11.9 Å². The Bertz CT molecular complexity index is 883. The monoisotopic (exact) mass is 450 g/mol. The molecule has 8 nitrogen and oxygen atoms in total. The predicted octanol–water partition coefficient (Wildman–Crippen LogP) is 1.31. The smallest absolute Gasteiger partial charge is 0.302 e. The minimum absolute atomic E-state index is 0.0423. The molecule has 8 heteroatoms. The van der Waals surface area contributed by atoms with Crippen molar-refractivity contribution < 1.29 is 39.1 Å². The number of hydrogen-bond donors (Lipinski definition) is 3. The van der Waals surface area contributed by atoms with Crippen LogP contribution in [-0.4, -0.2) is 64.1 Å². The largest absolute Gasteiger partial charge is 0.462 e. The first-order valence-corrected chi connectivity index (χ1v) is 11.6. The van der Waals surface area contributed by atoms with Gasteiger partial charge in [0.15, 0.2) is 0 Å². The van der Waals surface area contributed by atoms with Crippen molar-refractivity contribution in [3.8, 4) is 0 Å². The molecule has 0 radical (unpaired) electrons. The van der Waals surface area contributed by atoms with Gasteiger partial charge in [0.25, 0.3) is 0 Å². The first-order valence-electron chi connectivity index (χ1n) is 11.6. The molecule has 4 aliphatic carbocycles. The Balaban J connectivity index is 1.79. The number of rotatable bonds is 2. The molecule has 3 N–H and O–H groups in total. The fraction of sp³-hybridized carbons (Fsp3) is 0.833. The molecule has 4 bridgehead atoms. The standard InChI is InChI=1S/C24H34O8/c1-11-14-8-15(31-12(2)25)17-22-10-30-24(29,23(17,9-14)19(11)27)20(28)18(22)21(4,5)7-6-16(22)32-13(3)26/h14-20,27-29H,1,6-10H2,2-5H3/t14-,15-,16+,17+,18-,19-,20+,22+,23+,24-/m1/s1. The number of ether oxygens (including phenoxy) is 3. The van der Waals surface area contributed by atoms with Gasteiger partial charge in [-0.15, -0.1) is 0 Å². The molecule has 0 amide bonds. The van der Waals surface area contributed by atoms with Crippen molar-refractivity contribution in [2.45, 2.75) is 83.6 Å². The summed E-state index contributed by atoms with van der Waals surface area (Å²) in [5.74, 6) is -4.16. The molecule has 4 saturated carbocycles. The third kappa shape index (κ3) is 2.37. The molecule has 0 unspecified atom stereocenters. The van der Waals surface area contributed by atoms with Crippen LogP contribution in [0.25, 0.3) is 0 Å². The van der Waals surface area contributed by atoms with Crippen LogP contribution < -0.4 is 0 Å². The van der Waals surface area contributed by atoms with Gasteiger partial charge in [0.1, 0.15) is 18.3 Å². The van der Waals surface area contributed by atoms with Gasteiger partial charge in [-0.2, -0.15) is 0 Å². The maximum Gasteiger partial charge on any atom is 0.302 e. The molecule has 32 heavy (non-hydrogen) atoms.